The van der Waals surface area contributed by atoms with E-state index in [9.17, 15) is 5.11 Å². The number of benzene rings is 3. The lowest BCUT2D eigenvalue weighted by molar-refractivity contribution is 0.477. The Morgan fingerprint density at radius 1 is 0.643 bits per heavy atom. The van der Waals surface area contributed by atoms with Gasteiger partial charge in [0, 0.05) is 17.5 Å². The summed E-state index contributed by atoms with van der Waals surface area (Å²) in [6, 6.07) is 29.7. The van der Waals surface area contributed by atoms with Crippen LogP contribution in [0.25, 0.3) is 22.5 Å². The first kappa shape index (κ1) is 16.5. The van der Waals surface area contributed by atoms with Crippen molar-refractivity contribution in [1.82, 2.24) is 4.98 Å². The first-order chi connectivity index (χ1) is 13.8. The maximum atomic E-state index is 10.2. The average molecular weight is 362 g/mol. The number of aromatic hydroxyl groups is 1. The van der Waals surface area contributed by atoms with Crippen molar-refractivity contribution in [2.75, 3.05) is 0 Å². The predicted octanol–water partition coefficient (Wildman–Crippen LogP) is 5.80. The van der Waals surface area contributed by atoms with Crippen LogP contribution in [0.15, 0.2) is 96.0 Å². The molecule has 3 aromatic carbocycles. The van der Waals surface area contributed by atoms with Crippen molar-refractivity contribution in [1.29, 1.82) is 0 Å². The van der Waals surface area contributed by atoms with Crippen molar-refractivity contribution in [2.45, 2.75) is 6.42 Å². The van der Waals surface area contributed by atoms with E-state index in [2.05, 4.69) is 30.3 Å². The third kappa shape index (κ3) is 2.87. The van der Waals surface area contributed by atoms with Gasteiger partial charge in [0.25, 0.3) is 0 Å². The molecular weight excluding hydrogens is 344 g/mol. The van der Waals surface area contributed by atoms with Gasteiger partial charge in [0.05, 0.1) is 22.8 Å². The van der Waals surface area contributed by atoms with Crippen molar-refractivity contribution in [3.05, 3.63) is 102 Å². The molecule has 0 fully saturated rings. The molecule has 0 radical (unpaired) electrons. The number of phenols is 1. The predicted molar refractivity (Wildman–Crippen MR) is 113 cm³/mol. The molecule has 3 heteroatoms. The van der Waals surface area contributed by atoms with Gasteiger partial charge in [-0.25, -0.2) is 4.98 Å². The lowest BCUT2D eigenvalue weighted by Crippen LogP contribution is -1.99. The first-order valence-electron chi connectivity index (χ1n) is 9.30. The van der Waals surface area contributed by atoms with Crippen molar-refractivity contribution >= 4 is 11.4 Å². The SMILES string of the molecule is Oc1ccccc1-c1cccc(-c2cccc3c2N=C(c2ccccc2)C3)n1. The van der Waals surface area contributed by atoms with E-state index in [0.29, 0.717) is 0 Å². The van der Waals surface area contributed by atoms with Crippen molar-refractivity contribution in [3.63, 3.8) is 0 Å². The summed E-state index contributed by atoms with van der Waals surface area (Å²) in [6.07, 6.45) is 0.826. The van der Waals surface area contributed by atoms with Crippen LogP contribution < -0.4 is 0 Å². The highest BCUT2D eigenvalue weighted by Gasteiger charge is 2.20. The summed E-state index contributed by atoms with van der Waals surface area (Å²) in [6.45, 7) is 0. The molecule has 2 heterocycles. The molecule has 0 bridgehead atoms. The minimum atomic E-state index is 0.231. The van der Waals surface area contributed by atoms with Crippen LogP contribution in [-0.2, 0) is 6.42 Å². The summed E-state index contributed by atoms with van der Waals surface area (Å²) in [5.41, 5.74) is 7.79. The van der Waals surface area contributed by atoms with Gasteiger partial charge in [-0.05, 0) is 35.4 Å². The topological polar surface area (TPSA) is 45.5 Å². The molecule has 1 aromatic heterocycles. The Kier molecular flexibility index (Phi) is 3.99. The fraction of sp³-hybridized carbons (Fsp3) is 0.0400. The van der Waals surface area contributed by atoms with Gasteiger partial charge in [-0.15, -0.1) is 0 Å². The van der Waals surface area contributed by atoms with Gasteiger partial charge >= 0.3 is 0 Å². The van der Waals surface area contributed by atoms with E-state index in [1.807, 2.05) is 54.6 Å². The normalized spacial score (nSPS) is 12.5. The molecule has 0 saturated heterocycles. The second-order valence-electron chi connectivity index (χ2n) is 6.84. The Hall–Kier alpha value is -3.72. The lowest BCUT2D eigenvalue weighted by Gasteiger charge is -2.09. The Morgan fingerprint density at radius 3 is 2.14 bits per heavy atom. The highest BCUT2D eigenvalue weighted by molar-refractivity contribution is 6.08. The second-order valence-corrected chi connectivity index (χ2v) is 6.84. The first-order valence-corrected chi connectivity index (χ1v) is 9.30. The fourth-order valence-electron chi connectivity index (χ4n) is 3.65. The minimum absolute atomic E-state index is 0.231. The highest BCUT2D eigenvalue weighted by Crippen LogP contribution is 2.38. The van der Waals surface area contributed by atoms with Gasteiger partial charge in [-0.3, -0.25) is 4.99 Å². The number of hydrogen-bond acceptors (Lipinski definition) is 3. The van der Waals surface area contributed by atoms with Gasteiger partial charge in [0.1, 0.15) is 5.75 Å². The Morgan fingerprint density at radius 2 is 1.32 bits per heavy atom. The van der Waals surface area contributed by atoms with Crippen LogP contribution in [0.1, 0.15) is 11.1 Å². The Bertz CT molecular complexity index is 1200. The molecule has 1 N–H and O–H groups in total. The summed E-state index contributed by atoms with van der Waals surface area (Å²) in [5, 5.41) is 10.2. The van der Waals surface area contributed by atoms with E-state index < -0.39 is 0 Å². The number of hydrogen-bond donors (Lipinski definition) is 1. The zero-order valence-corrected chi connectivity index (χ0v) is 15.2. The van der Waals surface area contributed by atoms with Crippen LogP contribution in [0.5, 0.6) is 5.75 Å². The van der Waals surface area contributed by atoms with Gasteiger partial charge < -0.3 is 5.11 Å². The number of aliphatic imine (C=N–C) groups is 1. The smallest absolute Gasteiger partial charge is 0.124 e. The maximum absolute atomic E-state index is 10.2. The maximum Gasteiger partial charge on any atom is 0.124 e. The zero-order valence-electron chi connectivity index (χ0n) is 15.2. The van der Waals surface area contributed by atoms with Crippen LogP contribution in [-0.4, -0.2) is 15.8 Å². The van der Waals surface area contributed by atoms with E-state index >= 15 is 0 Å². The monoisotopic (exact) mass is 362 g/mol. The molecule has 1 aliphatic rings. The Balaban J connectivity index is 1.60. The number of rotatable bonds is 3. The van der Waals surface area contributed by atoms with Gasteiger partial charge in [0.2, 0.25) is 0 Å². The van der Waals surface area contributed by atoms with E-state index in [-0.39, 0.29) is 5.75 Å². The number of nitrogens with zero attached hydrogens (tertiary/aromatic N) is 2. The largest absolute Gasteiger partial charge is 0.507 e. The standard InChI is InChI=1S/C25H18N2O/c28-24-15-5-4-11-19(24)21-13-7-14-22(26-21)20-12-6-10-18-16-23(27-25(18)20)17-8-2-1-3-9-17/h1-15,28H,16H2. The van der Waals surface area contributed by atoms with Crippen molar-refractivity contribution < 1.29 is 5.11 Å². The van der Waals surface area contributed by atoms with E-state index in [0.717, 1.165) is 45.9 Å². The van der Waals surface area contributed by atoms with E-state index in [1.54, 1.807) is 6.07 Å². The molecule has 0 aliphatic carbocycles. The third-order valence-electron chi connectivity index (χ3n) is 5.04. The molecular formula is C25H18N2O. The van der Waals surface area contributed by atoms with Crippen LogP contribution in [0.3, 0.4) is 0 Å². The van der Waals surface area contributed by atoms with E-state index in [1.165, 1.54) is 5.56 Å². The van der Waals surface area contributed by atoms with Crippen LogP contribution in [0, 0.1) is 0 Å². The number of phenolic OH excluding ortho intramolecular Hbond substituents is 1. The highest BCUT2D eigenvalue weighted by atomic mass is 16.3. The molecule has 28 heavy (non-hydrogen) atoms. The average Bonchev–Trinajstić information content (AvgIpc) is 3.19. The van der Waals surface area contributed by atoms with E-state index in [4.69, 9.17) is 9.98 Å². The van der Waals surface area contributed by atoms with Crippen LogP contribution >= 0.6 is 0 Å². The summed E-state index contributed by atoms with van der Waals surface area (Å²) < 4.78 is 0. The molecule has 0 amide bonds. The lowest BCUT2D eigenvalue weighted by atomic mass is 10.0. The quantitative estimate of drug-likeness (QED) is 0.501. The number of aromatic nitrogens is 1. The summed E-state index contributed by atoms with van der Waals surface area (Å²) in [7, 11) is 0. The number of para-hydroxylation sites is 2. The molecule has 5 rings (SSSR count). The van der Waals surface area contributed by atoms with Gasteiger partial charge in [-0.1, -0.05) is 66.7 Å². The number of pyridine rings is 1. The molecule has 0 saturated carbocycles. The van der Waals surface area contributed by atoms with Crippen LogP contribution in [0.2, 0.25) is 0 Å². The number of fused-ring (bicyclic) bond motifs is 1. The molecule has 0 atom stereocenters. The Labute approximate surface area is 163 Å². The van der Waals surface area contributed by atoms with Gasteiger partial charge in [-0.2, -0.15) is 0 Å². The molecule has 4 aromatic rings. The summed E-state index contributed by atoms with van der Waals surface area (Å²) in [4.78, 5) is 9.77. The third-order valence-corrected chi connectivity index (χ3v) is 5.04. The van der Waals surface area contributed by atoms with Crippen LogP contribution in [0.4, 0.5) is 5.69 Å². The van der Waals surface area contributed by atoms with Crippen molar-refractivity contribution in [3.8, 4) is 28.3 Å². The molecule has 0 unspecified atom stereocenters. The fourth-order valence-corrected chi connectivity index (χ4v) is 3.65. The molecule has 134 valence electrons. The molecule has 3 nitrogen and oxygen atoms in total. The second kappa shape index (κ2) is 6.78. The van der Waals surface area contributed by atoms with Crippen molar-refractivity contribution in [2.24, 2.45) is 4.99 Å². The zero-order chi connectivity index (χ0) is 18.9. The summed E-state index contributed by atoms with van der Waals surface area (Å²) >= 11 is 0. The minimum Gasteiger partial charge on any atom is -0.507 e. The summed E-state index contributed by atoms with van der Waals surface area (Å²) in [5.74, 6) is 0.231. The molecule has 0 spiro atoms. The molecule has 1 aliphatic heterocycles. The van der Waals surface area contributed by atoms with Gasteiger partial charge in [0.15, 0.2) is 0 Å².